The molecule has 0 spiro atoms. The molecule has 0 aromatic heterocycles. The van der Waals surface area contributed by atoms with Crippen molar-refractivity contribution in [1.29, 1.82) is 0 Å². The Morgan fingerprint density at radius 3 is 2.56 bits per heavy atom. The molecule has 0 aromatic carbocycles. The molecule has 1 heterocycles. The number of hydrogen-bond donors (Lipinski definition) is 1. The van der Waals surface area contributed by atoms with Crippen LogP contribution in [0.3, 0.4) is 0 Å². The summed E-state index contributed by atoms with van der Waals surface area (Å²) in [4.78, 5) is 22.0. The van der Waals surface area contributed by atoms with Crippen LogP contribution in [0, 0.1) is 5.92 Å². The van der Waals surface area contributed by atoms with E-state index < -0.39 is 0 Å². The summed E-state index contributed by atoms with van der Waals surface area (Å²) in [6, 6.07) is 0.269. The fraction of sp³-hybridized carbons (Fsp3) is 0.833. The maximum absolute atomic E-state index is 11.6. The first-order valence-electron chi connectivity index (χ1n) is 6.31. The van der Waals surface area contributed by atoms with E-state index in [0.29, 0.717) is 12.3 Å². The summed E-state index contributed by atoms with van der Waals surface area (Å²) in [6.07, 6.45) is 9.01. The van der Waals surface area contributed by atoms with Crippen molar-refractivity contribution in [2.75, 3.05) is 6.54 Å². The molecule has 1 amide bonds. The summed E-state index contributed by atoms with van der Waals surface area (Å²) in [5.74, 6) is 0.685. The minimum atomic E-state index is 0.0707. The molecule has 4 nitrogen and oxygen atoms in total. The van der Waals surface area contributed by atoms with Crippen LogP contribution in [0.2, 0.25) is 0 Å². The van der Waals surface area contributed by atoms with E-state index >= 15 is 0 Å². The Morgan fingerprint density at radius 1 is 1.25 bits per heavy atom. The molecule has 1 atom stereocenters. The van der Waals surface area contributed by atoms with Crippen LogP contribution in [0.25, 0.3) is 0 Å². The zero-order chi connectivity index (χ0) is 11.4. The second kappa shape index (κ2) is 5.43. The lowest BCUT2D eigenvalue weighted by atomic mass is 9.91. The quantitative estimate of drug-likeness (QED) is 0.580. The normalized spacial score (nSPS) is 28.1. The van der Waals surface area contributed by atoms with Crippen LogP contribution >= 0.6 is 0 Å². The van der Waals surface area contributed by atoms with Gasteiger partial charge in [0.1, 0.15) is 6.29 Å². The third-order valence-corrected chi connectivity index (χ3v) is 3.74. The highest BCUT2D eigenvalue weighted by Gasteiger charge is 2.34. The standard InChI is InChI=1S/C12H20N2O2/c15-8-7-14-12(16)9-11(13-14)10-5-3-1-2-4-6-10/h8,10-11,13H,1-7,9H2. The number of nitrogens with zero attached hydrogens (tertiary/aromatic N) is 1. The Kier molecular flexibility index (Phi) is 3.93. The summed E-state index contributed by atoms with van der Waals surface area (Å²) < 4.78 is 0. The van der Waals surface area contributed by atoms with E-state index in [9.17, 15) is 9.59 Å². The molecule has 2 fully saturated rings. The third-order valence-electron chi connectivity index (χ3n) is 3.74. The molecule has 2 aliphatic rings. The molecule has 1 N–H and O–H groups in total. The molecule has 0 radical (unpaired) electrons. The third kappa shape index (κ3) is 2.61. The van der Waals surface area contributed by atoms with Gasteiger partial charge in [0, 0.05) is 12.5 Å². The molecule has 2 rings (SSSR count). The molecule has 0 bridgehead atoms. The van der Waals surface area contributed by atoms with Crippen LogP contribution in [0.15, 0.2) is 0 Å². The van der Waals surface area contributed by atoms with Gasteiger partial charge in [-0.15, -0.1) is 0 Å². The van der Waals surface area contributed by atoms with Crippen LogP contribution in [-0.4, -0.2) is 29.8 Å². The number of hydrogen-bond acceptors (Lipinski definition) is 3. The molecule has 16 heavy (non-hydrogen) atoms. The maximum atomic E-state index is 11.6. The minimum absolute atomic E-state index is 0.0707. The molecular weight excluding hydrogens is 204 g/mol. The Bertz CT molecular complexity index is 260. The summed E-state index contributed by atoms with van der Waals surface area (Å²) in [5, 5.41) is 1.47. The molecule has 1 aliphatic carbocycles. The topological polar surface area (TPSA) is 49.4 Å². The van der Waals surface area contributed by atoms with Crippen molar-refractivity contribution in [3.05, 3.63) is 0 Å². The first-order chi connectivity index (χ1) is 7.81. The lowest BCUT2D eigenvalue weighted by Crippen LogP contribution is -2.41. The number of nitrogens with one attached hydrogen (secondary N) is 1. The van der Waals surface area contributed by atoms with Crippen LogP contribution in [0.5, 0.6) is 0 Å². The first kappa shape index (κ1) is 11.6. The van der Waals surface area contributed by atoms with Gasteiger partial charge in [-0.25, -0.2) is 5.43 Å². The highest BCUT2D eigenvalue weighted by atomic mass is 16.2. The zero-order valence-corrected chi connectivity index (χ0v) is 9.65. The number of hydrazine groups is 1. The number of carbonyl (C=O) groups is 2. The van der Waals surface area contributed by atoms with E-state index in [-0.39, 0.29) is 18.5 Å². The van der Waals surface area contributed by atoms with Crippen molar-refractivity contribution in [3.63, 3.8) is 0 Å². The fourth-order valence-corrected chi connectivity index (χ4v) is 2.83. The smallest absolute Gasteiger partial charge is 0.238 e. The largest absolute Gasteiger partial charge is 0.301 e. The van der Waals surface area contributed by atoms with Gasteiger partial charge in [0.05, 0.1) is 6.54 Å². The predicted octanol–water partition coefficient (Wildman–Crippen LogP) is 1.26. The predicted molar refractivity (Wildman–Crippen MR) is 60.5 cm³/mol. The summed E-state index contributed by atoms with van der Waals surface area (Å²) in [5.41, 5.74) is 3.19. The second-order valence-electron chi connectivity index (χ2n) is 4.86. The van der Waals surface area contributed by atoms with Crippen molar-refractivity contribution in [3.8, 4) is 0 Å². The van der Waals surface area contributed by atoms with E-state index in [4.69, 9.17) is 0 Å². The van der Waals surface area contributed by atoms with Crippen molar-refractivity contribution >= 4 is 12.2 Å². The molecule has 1 aliphatic heterocycles. The summed E-state index contributed by atoms with van der Waals surface area (Å²) in [7, 11) is 0. The Hall–Kier alpha value is -0.900. The van der Waals surface area contributed by atoms with Crippen LogP contribution in [-0.2, 0) is 9.59 Å². The zero-order valence-electron chi connectivity index (χ0n) is 9.65. The molecular formula is C12H20N2O2. The minimum Gasteiger partial charge on any atom is -0.301 e. The van der Waals surface area contributed by atoms with Gasteiger partial charge < -0.3 is 4.79 Å². The first-order valence-corrected chi connectivity index (χ1v) is 6.31. The van der Waals surface area contributed by atoms with Crippen molar-refractivity contribution in [2.24, 2.45) is 5.92 Å². The number of aldehydes is 1. The summed E-state index contributed by atoms with van der Waals surface area (Å²) in [6.45, 7) is 0.183. The highest BCUT2D eigenvalue weighted by molar-refractivity contribution is 5.80. The molecule has 1 unspecified atom stereocenters. The SMILES string of the molecule is O=CCN1NC(C2CCCCCC2)CC1=O. The fourth-order valence-electron chi connectivity index (χ4n) is 2.83. The van der Waals surface area contributed by atoms with Gasteiger partial charge >= 0.3 is 0 Å². The monoisotopic (exact) mass is 224 g/mol. The average Bonchev–Trinajstić information content (AvgIpc) is 2.54. The molecule has 1 saturated heterocycles. The van der Waals surface area contributed by atoms with E-state index in [1.54, 1.807) is 0 Å². The van der Waals surface area contributed by atoms with Crippen LogP contribution in [0.4, 0.5) is 0 Å². The van der Waals surface area contributed by atoms with Crippen molar-refractivity contribution < 1.29 is 9.59 Å². The second-order valence-corrected chi connectivity index (χ2v) is 4.86. The van der Waals surface area contributed by atoms with Crippen molar-refractivity contribution in [2.45, 2.75) is 51.0 Å². The van der Waals surface area contributed by atoms with E-state index in [1.807, 2.05) is 0 Å². The molecule has 4 heteroatoms. The molecule has 90 valence electrons. The van der Waals surface area contributed by atoms with E-state index in [2.05, 4.69) is 5.43 Å². The van der Waals surface area contributed by atoms with Gasteiger partial charge in [-0.2, -0.15) is 0 Å². The lowest BCUT2D eigenvalue weighted by Gasteiger charge is -2.22. The van der Waals surface area contributed by atoms with Gasteiger partial charge in [0.2, 0.25) is 5.91 Å². The van der Waals surface area contributed by atoms with Gasteiger partial charge in [0.15, 0.2) is 0 Å². The van der Waals surface area contributed by atoms with Crippen LogP contribution < -0.4 is 5.43 Å². The Balaban J connectivity index is 1.90. The Labute approximate surface area is 96.3 Å². The van der Waals surface area contributed by atoms with Gasteiger partial charge in [-0.05, 0) is 18.8 Å². The Morgan fingerprint density at radius 2 is 1.94 bits per heavy atom. The summed E-state index contributed by atoms with van der Waals surface area (Å²) >= 11 is 0. The number of carbonyl (C=O) groups excluding carboxylic acids is 2. The van der Waals surface area contributed by atoms with Crippen molar-refractivity contribution in [1.82, 2.24) is 10.4 Å². The molecule has 0 aromatic rings. The molecule has 1 saturated carbocycles. The van der Waals surface area contributed by atoms with E-state index in [1.165, 1.54) is 43.5 Å². The lowest BCUT2D eigenvalue weighted by molar-refractivity contribution is -0.131. The number of rotatable bonds is 3. The maximum Gasteiger partial charge on any atom is 0.238 e. The highest BCUT2D eigenvalue weighted by Crippen LogP contribution is 2.29. The van der Waals surface area contributed by atoms with E-state index in [0.717, 1.165) is 6.29 Å². The van der Waals surface area contributed by atoms with Gasteiger partial charge in [-0.3, -0.25) is 9.80 Å². The van der Waals surface area contributed by atoms with Gasteiger partial charge in [-0.1, -0.05) is 25.7 Å². The average molecular weight is 224 g/mol. The van der Waals surface area contributed by atoms with Crippen LogP contribution in [0.1, 0.15) is 44.9 Å². The van der Waals surface area contributed by atoms with Gasteiger partial charge in [0.25, 0.3) is 0 Å². The number of amides is 1.